The minimum Gasteiger partial charge on any atom is -0.494 e. The number of carbonyl (C=O) groups is 6. The van der Waals surface area contributed by atoms with Gasteiger partial charge in [0.05, 0.1) is 45.3 Å². The average Bonchev–Trinajstić information content (AvgIpc) is 2.50. The van der Waals surface area contributed by atoms with E-state index in [1.807, 2.05) is 0 Å². The van der Waals surface area contributed by atoms with E-state index < -0.39 is 45.7 Å². The van der Waals surface area contributed by atoms with Gasteiger partial charge in [0.15, 0.2) is 0 Å². The number of benzene rings is 7. The Kier molecular flexibility index (Phi) is 25.5. The van der Waals surface area contributed by atoms with Gasteiger partial charge in [-0.1, -0.05) is 97.0 Å². The van der Waals surface area contributed by atoms with Gasteiger partial charge >= 0.3 is 35.8 Å². The van der Waals surface area contributed by atoms with Crippen LogP contribution in [0, 0.1) is 27.2 Å². The second-order valence-corrected chi connectivity index (χ2v) is 20.8. The summed E-state index contributed by atoms with van der Waals surface area (Å²) in [6, 6.07) is 34.7. The first-order valence-electron chi connectivity index (χ1n) is 29.6. The maximum absolute atomic E-state index is 14.1. The van der Waals surface area contributed by atoms with Crippen molar-refractivity contribution in [1.29, 1.82) is 0 Å². The van der Waals surface area contributed by atoms with E-state index in [0.717, 1.165) is 50.7 Å². The SMILES string of the molecule is CCCCCCCCCOc1ccc(C(=O)Oc2ccc(OC(=O)c3cccc(C(=O)Oc4ccc(OC(=O)c5ccc(OCCCCCCCCC)cc5)cc4C(=O)OCc4ccc([N+](=O)[O-])cc4)c3C)c(C(=O)OCc3ccc([N+](=O)[O-])cc3)c2)cc1. The van der Waals surface area contributed by atoms with Crippen LogP contribution in [0.2, 0.25) is 0 Å². The molecule has 0 aromatic heterocycles. The maximum Gasteiger partial charge on any atom is 0.343 e. The quantitative estimate of drug-likeness (QED) is 0.0119. The summed E-state index contributed by atoms with van der Waals surface area (Å²) in [6.07, 6.45) is 15.9. The fourth-order valence-electron chi connectivity index (χ4n) is 9.12. The number of rotatable bonds is 34. The zero-order valence-electron chi connectivity index (χ0n) is 49.9. The van der Waals surface area contributed by atoms with Crippen molar-refractivity contribution in [2.75, 3.05) is 13.2 Å². The summed E-state index contributed by atoms with van der Waals surface area (Å²) < 4.78 is 45.7. The molecule has 464 valence electrons. The number of ether oxygens (including phenoxy) is 8. The molecule has 7 aromatic rings. The van der Waals surface area contributed by atoms with Crippen molar-refractivity contribution in [1.82, 2.24) is 0 Å². The molecule has 0 bridgehead atoms. The van der Waals surface area contributed by atoms with E-state index in [1.54, 1.807) is 24.3 Å². The summed E-state index contributed by atoms with van der Waals surface area (Å²) in [5.74, 6) is -5.48. The van der Waals surface area contributed by atoms with E-state index in [9.17, 15) is 49.0 Å². The van der Waals surface area contributed by atoms with Crippen molar-refractivity contribution in [3.63, 3.8) is 0 Å². The highest BCUT2D eigenvalue weighted by molar-refractivity contribution is 6.02. The molecule has 0 atom stereocenters. The molecule has 0 radical (unpaired) electrons. The highest BCUT2D eigenvalue weighted by Crippen LogP contribution is 2.31. The Bertz CT molecular complexity index is 3330. The monoisotopic (exact) mass is 1210 g/mol. The van der Waals surface area contributed by atoms with Crippen LogP contribution in [0.25, 0.3) is 0 Å². The lowest BCUT2D eigenvalue weighted by Crippen LogP contribution is -2.18. The third kappa shape index (κ3) is 20.4. The molecule has 0 aliphatic carbocycles. The molecule has 89 heavy (non-hydrogen) atoms. The van der Waals surface area contributed by atoms with Gasteiger partial charge < -0.3 is 37.9 Å². The molecule has 20 heteroatoms. The standard InChI is InChI=1S/C69H70N2O18/c1-4-6-8-10-12-14-16-41-82-54-33-25-50(26-34-54)64(72)86-56-37-39-62(60(43-56)66(74)84-45-48-21-29-52(30-22-48)70(78)79)88-68(76)58-19-18-20-59(47(58)3)69(77)89-63-40-38-57(44-61(63)67(75)85-46-49-23-31-53(32-24-49)71(80)81)87-65(73)51-27-35-55(36-28-51)83-42-17-15-13-11-9-7-5-2/h18-40,43-44H,4-17,41-42,45-46H2,1-3H3. The summed E-state index contributed by atoms with van der Waals surface area (Å²) in [5, 5.41) is 22.5. The molecule has 0 aliphatic heterocycles. The largest absolute Gasteiger partial charge is 0.494 e. The van der Waals surface area contributed by atoms with Crippen LogP contribution in [0.4, 0.5) is 11.4 Å². The topological polar surface area (TPSA) is 263 Å². The zero-order chi connectivity index (χ0) is 63.5. The minimum absolute atomic E-state index is 0.0478. The van der Waals surface area contributed by atoms with E-state index in [-0.39, 0.29) is 86.5 Å². The first kappa shape index (κ1) is 66.3. The van der Waals surface area contributed by atoms with Crippen LogP contribution >= 0.6 is 0 Å². The van der Waals surface area contributed by atoms with Crippen LogP contribution in [0.3, 0.4) is 0 Å². The number of carbonyl (C=O) groups excluding carboxylic acids is 6. The normalized spacial score (nSPS) is 10.8. The van der Waals surface area contributed by atoms with E-state index in [1.165, 1.54) is 174 Å². The van der Waals surface area contributed by atoms with Crippen LogP contribution in [0.1, 0.15) is 183 Å². The van der Waals surface area contributed by atoms with Crippen molar-refractivity contribution in [3.8, 4) is 34.5 Å². The summed E-state index contributed by atoms with van der Waals surface area (Å²) in [4.78, 5) is 104. The van der Waals surface area contributed by atoms with Gasteiger partial charge in [-0.3, -0.25) is 20.2 Å². The Labute approximate surface area is 515 Å². The van der Waals surface area contributed by atoms with Crippen molar-refractivity contribution in [3.05, 3.63) is 222 Å². The first-order valence-corrected chi connectivity index (χ1v) is 29.6. The molecule has 0 spiro atoms. The number of esters is 6. The predicted molar refractivity (Wildman–Crippen MR) is 328 cm³/mol. The van der Waals surface area contributed by atoms with E-state index in [4.69, 9.17) is 37.9 Å². The van der Waals surface area contributed by atoms with Gasteiger partial charge in [-0.25, -0.2) is 28.8 Å². The molecule has 0 saturated heterocycles. The van der Waals surface area contributed by atoms with Gasteiger partial charge in [-0.05, 0) is 158 Å². The number of non-ortho nitro benzene ring substituents is 2. The molecular weight excluding hydrogens is 1140 g/mol. The summed E-state index contributed by atoms with van der Waals surface area (Å²) in [7, 11) is 0. The Morgan fingerprint density at radius 1 is 0.371 bits per heavy atom. The molecule has 0 heterocycles. The average molecular weight is 1220 g/mol. The van der Waals surface area contributed by atoms with Gasteiger partial charge in [-0.15, -0.1) is 0 Å². The first-order chi connectivity index (χ1) is 43.1. The number of nitrogens with zero attached hydrogens (tertiary/aromatic N) is 2. The predicted octanol–water partition coefficient (Wildman–Crippen LogP) is 15.7. The molecule has 7 rings (SSSR count). The van der Waals surface area contributed by atoms with Crippen molar-refractivity contribution >= 4 is 47.2 Å². The van der Waals surface area contributed by atoms with Gasteiger partial charge in [0.1, 0.15) is 58.8 Å². The maximum atomic E-state index is 14.1. The van der Waals surface area contributed by atoms with Gasteiger partial charge in [0.2, 0.25) is 0 Å². The Morgan fingerprint density at radius 3 is 1.08 bits per heavy atom. The van der Waals surface area contributed by atoms with Gasteiger partial charge in [0, 0.05) is 24.3 Å². The van der Waals surface area contributed by atoms with Crippen molar-refractivity contribution < 1.29 is 76.5 Å². The fraction of sp³-hybridized carbons (Fsp3) is 0.304. The smallest absolute Gasteiger partial charge is 0.343 e. The third-order valence-electron chi connectivity index (χ3n) is 14.2. The highest BCUT2D eigenvalue weighted by atomic mass is 16.6. The van der Waals surface area contributed by atoms with Crippen molar-refractivity contribution in [2.24, 2.45) is 0 Å². The molecule has 0 saturated carbocycles. The van der Waals surface area contributed by atoms with E-state index >= 15 is 0 Å². The van der Waals surface area contributed by atoms with Crippen LogP contribution in [-0.4, -0.2) is 58.9 Å². The van der Waals surface area contributed by atoms with Gasteiger partial charge in [-0.2, -0.15) is 0 Å². The summed E-state index contributed by atoms with van der Waals surface area (Å²) in [6.45, 7) is 6.13. The third-order valence-corrected chi connectivity index (χ3v) is 14.2. The molecule has 7 aromatic carbocycles. The lowest BCUT2D eigenvalue weighted by molar-refractivity contribution is -0.385. The lowest BCUT2D eigenvalue weighted by Gasteiger charge is -2.15. The number of hydrogen-bond acceptors (Lipinski definition) is 18. The van der Waals surface area contributed by atoms with Gasteiger partial charge in [0.25, 0.3) is 11.4 Å². The van der Waals surface area contributed by atoms with Crippen LogP contribution in [0.5, 0.6) is 34.5 Å². The fourth-order valence-corrected chi connectivity index (χ4v) is 9.12. The molecule has 0 N–H and O–H groups in total. The number of hydrogen-bond donors (Lipinski definition) is 0. The Balaban J connectivity index is 1.06. The number of nitro benzene ring substituents is 2. The van der Waals surface area contributed by atoms with Crippen LogP contribution in [-0.2, 0) is 22.7 Å². The van der Waals surface area contributed by atoms with Crippen LogP contribution < -0.4 is 28.4 Å². The lowest BCUT2D eigenvalue weighted by atomic mass is 10.0. The Hall–Kier alpha value is -10.2. The Morgan fingerprint density at radius 2 is 0.719 bits per heavy atom. The second kappa shape index (κ2) is 34.2. The van der Waals surface area contributed by atoms with Crippen molar-refractivity contribution in [2.45, 2.75) is 124 Å². The van der Waals surface area contributed by atoms with E-state index in [0.29, 0.717) is 35.8 Å². The molecule has 0 fully saturated rings. The summed E-state index contributed by atoms with van der Waals surface area (Å²) in [5.41, 5.74) is -0.222. The summed E-state index contributed by atoms with van der Waals surface area (Å²) >= 11 is 0. The number of nitro groups is 2. The highest BCUT2D eigenvalue weighted by Gasteiger charge is 2.26. The van der Waals surface area contributed by atoms with E-state index in [2.05, 4.69) is 13.8 Å². The van der Waals surface area contributed by atoms with Crippen LogP contribution in [0.15, 0.2) is 152 Å². The molecule has 0 unspecified atom stereocenters. The minimum atomic E-state index is -1.05. The molecule has 0 amide bonds. The second-order valence-electron chi connectivity index (χ2n) is 20.8. The molecule has 0 aliphatic rings. The number of unbranched alkanes of at least 4 members (excludes halogenated alkanes) is 12. The zero-order valence-corrected chi connectivity index (χ0v) is 49.9. The molecule has 20 nitrogen and oxygen atoms in total. The molecular formula is C69H70N2O18.